The third-order valence-electron chi connectivity index (χ3n) is 4.80. The van der Waals surface area contributed by atoms with E-state index in [4.69, 9.17) is 11.6 Å². The van der Waals surface area contributed by atoms with Crippen LogP contribution in [0.3, 0.4) is 0 Å². The maximum absolute atomic E-state index is 12.7. The van der Waals surface area contributed by atoms with Crippen molar-refractivity contribution in [3.05, 3.63) is 52.9 Å². The van der Waals surface area contributed by atoms with Crippen LogP contribution in [-0.4, -0.2) is 48.9 Å². The summed E-state index contributed by atoms with van der Waals surface area (Å²) >= 11 is 5.96. The number of tetrazole rings is 1. The summed E-state index contributed by atoms with van der Waals surface area (Å²) < 4.78 is 1.67. The van der Waals surface area contributed by atoms with Gasteiger partial charge in [-0.25, -0.2) is 0 Å². The van der Waals surface area contributed by atoms with Gasteiger partial charge in [0.2, 0.25) is 0 Å². The first-order valence-electron chi connectivity index (χ1n) is 9.50. The number of aliphatic hydroxyl groups excluding tert-OH is 1. The zero-order valence-corrected chi connectivity index (χ0v) is 16.7. The molecule has 0 unspecified atom stereocenters. The van der Waals surface area contributed by atoms with Crippen LogP contribution in [0.5, 0.6) is 0 Å². The number of aromatic nitrogens is 5. The Bertz CT molecular complexity index is 1020. The predicted molar refractivity (Wildman–Crippen MR) is 108 cm³/mol. The number of rotatable bonds is 7. The van der Waals surface area contributed by atoms with E-state index in [1.54, 1.807) is 42.1 Å². The minimum Gasteiger partial charge on any atom is -0.394 e. The normalized spacial score (nSPS) is 14.6. The van der Waals surface area contributed by atoms with Gasteiger partial charge < -0.3 is 10.4 Å². The van der Waals surface area contributed by atoms with E-state index in [1.165, 1.54) is 12.8 Å². The van der Waals surface area contributed by atoms with E-state index >= 15 is 0 Å². The summed E-state index contributed by atoms with van der Waals surface area (Å²) in [6, 6.07) is 8.58. The molecular weight excluding hydrogens is 392 g/mol. The van der Waals surface area contributed by atoms with Crippen LogP contribution in [0.2, 0.25) is 5.02 Å². The van der Waals surface area contributed by atoms with Crippen molar-refractivity contribution in [3.8, 4) is 16.9 Å². The average Bonchev–Trinajstić information content (AvgIpc) is 3.42. The van der Waals surface area contributed by atoms with Gasteiger partial charge >= 0.3 is 0 Å². The molecule has 0 radical (unpaired) electrons. The van der Waals surface area contributed by atoms with E-state index in [9.17, 15) is 9.90 Å². The van der Waals surface area contributed by atoms with Gasteiger partial charge in [0.05, 0.1) is 23.0 Å². The zero-order valence-electron chi connectivity index (χ0n) is 15.9. The predicted octanol–water partition coefficient (Wildman–Crippen LogP) is 2.44. The van der Waals surface area contributed by atoms with Crippen LogP contribution in [-0.2, 0) is 6.42 Å². The lowest BCUT2D eigenvalue weighted by molar-refractivity contribution is 0.0922. The fourth-order valence-electron chi connectivity index (χ4n) is 3.03. The summed E-state index contributed by atoms with van der Waals surface area (Å²) in [6.07, 6.45) is 4.74. The largest absolute Gasteiger partial charge is 0.394 e. The Balaban J connectivity index is 1.76. The Morgan fingerprint density at radius 1 is 1.34 bits per heavy atom. The lowest BCUT2D eigenvalue weighted by atomic mass is 10.0. The molecule has 0 saturated heterocycles. The second kappa shape index (κ2) is 8.26. The van der Waals surface area contributed by atoms with E-state index in [0.717, 1.165) is 17.8 Å². The SMILES string of the molecule is C[C@@H](CO)NC(=O)c1cc(-c2ccc(Cl)cn2)cc(-n2nnnc2CC2CC2)c1. The third kappa shape index (κ3) is 4.60. The number of hydrogen-bond donors (Lipinski definition) is 2. The van der Waals surface area contributed by atoms with Crippen molar-refractivity contribution >= 4 is 17.5 Å². The second-order valence-electron chi connectivity index (χ2n) is 7.34. The topological polar surface area (TPSA) is 106 Å². The molecule has 8 nitrogen and oxygen atoms in total. The zero-order chi connectivity index (χ0) is 20.4. The third-order valence-corrected chi connectivity index (χ3v) is 5.02. The quantitative estimate of drug-likeness (QED) is 0.617. The highest BCUT2D eigenvalue weighted by Gasteiger charge is 2.25. The Hall–Kier alpha value is -2.84. The standard InChI is InChI=1S/C20H21ClN6O2/c1-12(11-28)23-20(29)15-7-14(18-5-4-16(21)10-22-18)8-17(9-15)27-19(24-25-26-27)6-13-2-3-13/h4-5,7-10,12-13,28H,2-3,6,11H2,1H3,(H,23,29)/t12-/m0/s1. The second-order valence-corrected chi connectivity index (χ2v) is 7.78. The molecule has 1 saturated carbocycles. The summed E-state index contributed by atoms with van der Waals surface area (Å²) in [5, 5.41) is 24.7. The van der Waals surface area contributed by atoms with E-state index < -0.39 is 0 Å². The number of halogens is 1. The van der Waals surface area contributed by atoms with Crippen LogP contribution in [0.4, 0.5) is 0 Å². The smallest absolute Gasteiger partial charge is 0.251 e. The minimum atomic E-state index is -0.360. The van der Waals surface area contributed by atoms with Gasteiger partial charge in [0.25, 0.3) is 5.91 Å². The van der Waals surface area contributed by atoms with Gasteiger partial charge in [-0.2, -0.15) is 4.68 Å². The Morgan fingerprint density at radius 3 is 2.86 bits per heavy atom. The molecule has 3 aromatic rings. The van der Waals surface area contributed by atoms with Crippen molar-refractivity contribution in [2.75, 3.05) is 6.61 Å². The number of aliphatic hydroxyl groups is 1. The number of pyridine rings is 1. The number of carbonyl (C=O) groups excluding carboxylic acids is 1. The van der Waals surface area contributed by atoms with Gasteiger partial charge in [0, 0.05) is 29.8 Å². The number of carbonyl (C=O) groups is 1. The first kappa shape index (κ1) is 19.5. The maximum atomic E-state index is 12.7. The Kier molecular flexibility index (Phi) is 5.55. The van der Waals surface area contributed by atoms with Gasteiger partial charge in [-0.15, -0.1) is 5.10 Å². The number of hydrogen-bond acceptors (Lipinski definition) is 6. The fourth-order valence-corrected chi connectivity index (χ4v) is 3.14. The molecule has 1 aromatic carbocycles. The summed E-state index contributed by atoms with van der Waals surface area (Å²) in [5.41, 5.74) is 2.54. The van der Waals surface area contributed by atoms with E-state index in [1.807, 2.05) is 6.07 Å². The van der Waals surface area contributed by atoms with E-state index in [0.29, 0.717) is 27.9 Å². The molecule has 1 amide bonds. The minimum absolute atomic E-state index is 0.143. The van der Waals surface area contributed by atoms with Gasteiger partial charge in [-0.05, 0) is 66.4 Å². The van der Waals surface area contributed by atoms with E-state index in [-0.39, 0.29) is 18.6 Å². The van der Waals surface area contributed by atoms with Crippen LogP contribution in [0, 0.1) is 5.92 Å². The summed E-state index contributed by atoms with van der Waals surface area (Å²) in [4.78, 5) is 17.1. The lowest BCUT2D eigenvalue weighted by Crippen LogP contribution is -2.35. The number of benzene rings is 1. The van der Waals surface area contributed by atoms with Crippen LogP contribution in [0.1, 0.15) is 35.9 Å². The number of nitrogens with one attached hydrogen (secondary N) is 1. The maximum Gasteiger partial charge on any atom is 0.251 e. The molecule has 0 bridgehead atoms. The lowest BCUT2D eigenvalue weighted by Gasteiger charge is -2.14. The average molecular weight is 413 g/mol. The molecular formula is C20H21ClN6O2. The molecule has 4 rings (SSSR count). The molecule has 2 N–H and O–H groups in total. The molecule has 1 fully saturated rings. The van der Waals surface area contributed by atoms with E-state index in [2.05, 4.69) is 25.8 Å². The molecule has 9 heteroatoms. The van der Waals surface area contributed by atoms with Crippen LogP contribution >= 0.6 is 11.6 Å². The summed E-state index contributed by atoms with van der Waals surface area (Å²) in [6.45, 7) is 1.59. The summed E-state index contributed by atoms with van der Waals surface area (Å²) in [5.74, 6) is 1.10. The van der Waals surface area contributed by atoms with Crippen LogP contribution in [0.15, 0.2) is 36.5 Å². The molecule has 2 heterocycles. The van der Waals surface area contributed by atoms with Crippen molar-refractivity contribution in [3.63, 3.8) is 0 Å². The van der Waals surface area contributed by atoms with Crippen molar-refractivity contribution in [1.82, 2.24) is 30.5 Å². The molecule has 1 atom stereocenters. The number of amides is 1. The van der Waals surface area contributed by atoms with Gasteiger partial charge in [0.15, 0.2) is 5.82 Å². The van der Waals surface area contributed by atoms with Gasteiger partial charge in [0.1, 0.15) is 0 Å². The molecule has 2 aromatic heterocycles. The number of nitrogens with zero attached hydrogens (tertiary/aromatic N) is 5. The molecule has 1 aliphatic carbocycles. The Labute approximate surface area is 172 Å². The monoisotopic (exact) mass is 412 g/mol. The first-order chi connectivity index (χ1) is 14.0. The Morgan fingerprint density at radius 2 is 2.17 bits per heavy atom. The van der Waals surface area contributed by atoms with Gasteiger partial charge in [-0.1, -0.05) is 11.6 Å². The van der Waals surface area contributed by atoms with Crippen molar-refractivity contribution in [2.24, 2.45) is 5.92 Å². The highest BCUT2D eigenvalue weighted by Crippen LogP contribution is 2.32. The molecule has 150 valence electrons. The van der Waals surface area contributed by atoms with Crippen LogP contribution < -0.4 is 5.32 Å². The van der Waals surface area contributed by atoms with Crippen molar-refractivity contribution in [1.29, 1.82) is 0 Å². The molecule has 0 aliphatic heterocycles. The molecule has 1 aliphatic rings. The van der Waals surface area contributed by atoms with Crippen LogP contribution in [0.25, 0.3) is 16.9 Å². The molecule has 0 spiro atoms. The van der Waals surface area contributed by atoms with Crippen molar-refractivity contribution in [2.45, 2.75) is 32.2 Å². The summed E-state index contributed by atoms with van der Waals surface area (Å²) in [7, 11) is 0. The van der Waals surface area contributed by atoms with Crippen molar-refractivity contribution < 1.29 is 9.90 Å². The highest BCUT2D eigenvalue weighted by atomic mass is 35.5. The fraction of sp³-hybridized carbons (Fsp3) is 0.350. The first-order valence-corrected chi connectivity index (χ1v) is 9.87. The molecule has 29 heavy (non-hydrogen) atoms. The highest BCUT2D eigenvalue weighted by molar-refractivity contribution is 6.30. The van der Waals surface area contributed by atoms with Gasteiger partial charge in [-0.3, -0.25) is 9.78 Å².